The zero-order valence-electron chi connectivity index (χ0n) is 11.2. The van der Waals surface area contributed by atoms with Crippen molar-refractivity contribution >= 4 is 51.5 Å². The second kappa shape index (κ2) is 5.75. The Hall–Kier alpha value is -0.690. The molecule has 0 fully saturated rings. The fraction of sp³-hybridized carbons (Fsp3) is 0.357. The fourth-order valence-corrected chi connectivity index (χ4v) is 4.33. The van der Waals surface area contributed by atoms with E-state index in [2.05, 4.69) is 34.4 Å². The van der Waals surface area contributed by atoms with Crippen LogP contribution in [-0.2, 0) is 4.79 Å². The van der Waals surface area contributed by atoms with Gasteiger partial charge in [-0.2, -0.15) is 0 Å². The van der Waals surface area contributed by atoms with E-state index in [1.807, 2.05) is 32.0 Å². The number of nitrogens with two attached hydrogens (primary N) is 1. The number of halogens is 1. The van der Waals surface area contributed by atoms with Gasteiger partial charge in [0.05, 0.1) is 14.3 Å². The average Bonchev–Trinajstić information content (AvgIpc) is 2.74. The first-order chi connectivity index (χ1) is 8.95. The summed E-state index contributed by atoms with van der Waals surface area (Å²) in [6.07, 6.45) is 0. The Morgan fingerprint density at radius 1 is 1.47 bits per heavy atom. The molecule has 0 saturated heterocycles. The quantitative estimate of drug-likeness (QED) is 0.483. The number of nitrogen functional groups attached to an aromatic ring is 1. The van der Waals surface area contributed by atoms with Gasteiger partial charge in [0.15, 0.2) is 5.78 Å². The van der Waals surface area contributed by atoms with Crippen LogP contribution in [0.3, 0.4) is 0 Å². The molecule has 0 atom stereocenters. The molecule has 0 amide bonds. The summed E-state index contributed by atoms with van der Waals surface area (Å²) in [6.45, 7) is 6.78. The van der Waals surface area contributed by atoms with E-state index in [4.69, 9.17) is 5.73 Å². The minimum Gasteiger partial charge on any atom is -0.399 e. The molecule has 19 heavy (non-hydrogen) atoms. The van der Waals surface area contributed by atoms with Gasteiger partial charge in [0.25, 0.3) is 0 Å². The number of Topliss-reactive ketones (excluding diaryl/α,β-unsaturated/α-hetero) is 1. The summed E-state index contributed by atoms with van der Waals surface area (Å²) in [7, 11) is 0. The van der Waals surface area contributed by atoms with Crippen LogP contribution in [0, 0.1) is 5.92 Å². The van der Waals surface area contributed by atoms with E-state index in [1.165, 1.54) is 0 Å². The highest BCUT2D eigenvalue weighted by molar-refractivity contribution is 14.1. The third-order valence-corrected chi connectivity index (χ3v) is 5.56. The number of allylic oxidation sites excluding steroid dienone is 1. The van der Waals surface area contributed by atoms with Crippen LogP contribution >= 0.6 is 34.4 Å². The number of fused-ring (bicyclic) bond motifs is 1. The summed E-state index contributed by atoms with van der Waals surface area (Å²) < 4.78 is 0.814. The number of hydrogen-bond donors (Lipinski definition) is 1. The lowest BCUT2D eigenvalue weighted by molar-refractivity contribution is -0.117. The van der Waals surface area contributed by atoms with E-state index in [0.29, 0.717) is 0 Å². The Labute approximate surface area is 131 Å². The Balaban J connectivity index is 2.47. The minimum absolute atomic E-state index is 0.0208. The molecule has 0 radical (unpaired) electrons. The van der Waals surface area contributed by atoms with Crippen LogP contribution in [0.25, 0.3) is 0 Å². The van der Waals surface area contributed by atoms with Crippen LogP contribution in [0.5, 0.6) is 0 Å². The lowest BCUT2D eigenvalue weighted by atomic mass is 10.1. The number of carbonyl (C=O) groups is 1. The Kier molecular flexibility index (Phi) is 4.45. The molecule has 0 unspecified atom stereocenters. The highest BCUT2D eigenvalue weighted by Crippen LogP contribution is 2.49. The van der Waals surface area contributed by atoms with Crippen LogP contribution in [-0.4, -0.2) is 12.3 Å². The number of rotatable bonds is 3. The Morgan fingerprint density at radius 2 is 2.16 bits per heavy atom. The van der Waals surface area contributed by atoms with Crippen LogP contribution < -0.4 is 10.6 Å². The largest absolute Gasteiger partial charge is 0.399 e. The molecule has 1 aromatic rings. The second-order valence-electron chi connectivity index (χ2n) is 4.71. The summed E-state index contributed by atoms with van der Waals surface area (Å²) in [5, 5.41) is 1.03. The van der Waals surface area contributed by atoms with Gasteiger partial charge in [0.2, 0.25) is 0 Å². The predicted octanol–water partition coefficient (Wildman–Crippen LogP) is 4.03. The topological polar surface area (TPSA) is 46.3 Å². The van der Waals surface area contributed by atoms with Crippen LogP contribution in [0.15, 0.2) is 31.7 Å². The third kappa shape index (κ3) is 2.76. The molecule has 0 aliphatic carbocycles. The Morgan fingerprint density at radius 3 is 2.74 bits per heavy atom. The van der Waals surface area contributed by atoms with Crippen LogP contribution in [0.4, 0.5) is 11.4 Å². The number of anilines is 2. The van der Waals surface area contributed by atoms with Gasteiger partial charge < -0.3 is 10.6 Å². The minimum atomic E-state index is 0.0208. The van der Waals surface area contributed by atoms with Crippen molar-refractivity contribution < 1.29 is 4.79 Å². The molecule has 102 valence electrons. The Bertz CT molecular complexity index is 554. The first-order valence-electron chi connectivity index (χ1n) is 6.24. The average molecular weight is 388 g/mol. The zero-order valence-corrected chi connectivity index (χ0v) is 14.2. The normalized spacial score (nSPS) is 16.8. The first kappa shape index (κ1) is 14.7. The van der Waals surface area contributed by atoms with Gasteiger partial charge in [0.1, 0.15) is 0 Å². The summed E-state index contributed by atoms with van der Waals surface area (Å²) in [5.74, 6) is 0.217. The molecule has 1 aliphatic heterocycles. The molecule has 0 bridgehead atoms. The van der Waals surface area contributed by atoms with Gasteiger partial charge in [-0.15, -0.1) is 0 Å². The second-order valence-corrected chi connectivity index (χ2v) is 6.82. The van der Waals surface area contributed by atoms with Crippen molar-refractivity contribution in [3.05, 3.63) is 26.8 Å². The fourth-order valence-electron chi connectivity index (χ4n) is 1.94. The van der Waals surface area contributed by atoms with E-state index in [0.717, 1.165) is 31.4 Å². The lowest BCUT2D eigenvalue weighted by Crippen LogP contribution is -2.20. The number of thioether (sulfide) groups is 1. The van der Waals surface area contributed by atoms with Gasteiger partial charge >= 0.3 is 0 Å². The molecule has 1 aliphatic rings. The molecule has 0 spiro atoms. The van der Waals surface area contributed by atoms with Gasteiger partial charge in [0, 0.05) is 23.0 Å². The van der Waals surface area contributed by atoms with Crippen molar-refractivity contribution in [3.63, 3.8) is 0 Å². The molecule has 0 saturated carbocycles. The summed E-state index contributed by atoms with van der Waals surface area (Å²) in [4.78, 5) is 15.5. The number of carbonyl (C=O) groups excluding carboxylic acids is 1. The molecule has 2 rings (SSSR count). The monoisotopic (exact) mass is 388 g/mol. The zero-order chi connectivity index (χ0) is 14.2. The number of nitrogens with zero attached hydrogens (tertiary/aromatic N) is 1. The maximum atomic E-state index is 12.2. The van der Waals surface area contributed by atoms with E-state index < -0.39 is 0 Å². The van der Waals surface area contributed by atoms with E-state index in [1.54, 1.807) is 11.8 Å². The SMILES string of the molecule is CCN1C(=C(I)C(=O)C(C)C)Sc2ccc(N)cc21. The van der Waals surface area contributed by atoms with E-state index >= 15 is 0 Å². The van der Waals surface area contributed by atoms with Crippen molar-refractivity contribution in [1.29, 1.82) is 0 Å². The number of benzene rings is 1. The van der Waals surface area contributed by atoms with E-state index in [-0.39, 0.29) is 11.7 Å². The van der Waals surface area contributed by atoms with Crippen molar-refractivity contribution in [1.82, 2.24) is 0 Å². The first-order valence-corrected chi connectivity index (χ1v) is 8.14. The maximum absolute atomic E-state index is 12.2. The highest BCUT2D eigenvalue weighted by atomic mass is 127. The smallest absolute Gasteiger partial charge is 0.174 e. The predicted molar refractivity (Wildman–Crippen MR) is 90.6 cm³/mol. The molecule has 3 nitrogen and oxygen atoms in total. The van der Waals surface area contributed by atoms with Gasteiger partial charge in [-0.05, 0) is 47.7 Å². The lowest BCUT2D eigenvalue weighted by Gasteiger charge is -2.20. The van der Waals surface area contributed by atoms with Gasteiger partial charge in [-0.25, -0.2) is 0 Å². The maximum Gasteiger partial charge on any atom is 0.174 e. The van der Waals surface area contributed by atoms with Gasteiger partial charge in [-0.1, -0.05) is 25.6 Å². The number of ketones is 1. The van der Waals surface area contributed by atoms with E-state index in [9.17, 15) is 4.79 Å². The standard InChI is InChI=1S/C14H17IN2OS/c1-4-17-10-7-9(16)5-6-11(10)19-14(17)12(15)13(18)8(2)3/h5-8H,4,16H2,1-3H3. The van der Waals surface area contributed by atoms with Crippen LogP contribution in [0.2, 0.25) is 0 Å². The number of hydrogen-bond acceptors (Lipinski definition) is 4. The molecule has 5 heteroatoms. The highest BCUT2D eigenvalue weighted by Gasteiger charge is 2.29. The summed E-state index contributed by atoms with van der Waals surface area (Å²) in [5.41, 5.74) is 7.72. The van der Waals surface area contributed by atoms with Crippen LogP contribution in [0.1, 0.15) is 20.8 Å². The molecular formula is C14H17IN2OS. The molecular weight excluding hydrogens is 371 g/mol. The van der Waals surface area contributed by atoms with Gasteiger partial charge in [-0.3, -0.25) is 4.79 Å². The molecule has 1 aromatic carbocycles. The molecule has 2 N–H and O–H groups in total. The molecule has 1 heterocycles. The van der Waals surface area contributed by atoms with Crippen molar-refractivity contribution in [3.8, 4) is 0 Å². The van der Waals surface area contributed by atoms with Crippen molar-refractivity contribution in [2.24, 2.45) is 5.92 Å². The van der Waals surface area contributed by atoms with Crippen molar-refractivity contribution in [2.75, 3.05) is 17.2 Å². The molecule has 0 aromatic heterocycles. The van der Waals surface area contributed by atoms with Crippen molar-refractivity contribution in [2.45, 2.75) is 25.7 Å². The summed E-state index contributed by atoms with van der Waals surface area (Å²) >= 11 is 3.82. The third-order valence-electron chi connectivity index (χ3n) is 2.97. The summed E-state index contributed by atoms with van der Waals surface area (Å²) in [6, 6.07) is 5.90.